The molecule has 0 atom stereocenters. The number of furan rings is 1. The number of fused-ring (bicyclic) bond motifs is 1. The Balaban J connectivity index is 1.57. The molecule has 3 N–H and O–H groups in total. The largest absolute Gasteiger partial charge is 0.504 e. The van der Waals surface area contributed by atoms with E-state index in [1.165, 1.54) is 19.4 Å². The number of phenolic OH excluding ortho intramolecular Hbond substituents is 2. The van der Waals surface area contributed by atoms with Crippen LogP contribution in [0.3, 0.4) is 0 Å². The minimum absolute atomic E-state index is 0.178. The van der Waals surface area contributed by atoms with Crippen molar-refractivity contribution in [3.8, 4) is 28.8 Å². The van der Waals surface area contributed by atoms with Crippen molar-refractivity contribution in [3.63, 3.8) is 0 Å². The molecule has 0 amide bonds. The molecule has 0 saturated carbocycles. The molecule has 3 heterocycles. The quantitative estimate of drug-likeness (QED) is 0.603. The van der Waals surface area contributed by atoms with E-state index in [1.54, 1.807) is 18.2 Å². The van der Waals surface area contributed by atoms with Crippen molar-refractivity contribution in [1.82, 2.24) is 14.9 Å². The average Bonchev–Trinajstić information content (AvgIpc) is 3.19. The van der Waals surface area contributed by atoms with Gasteiger partial charge in [0.1, 0.15) is 0 Å². The third-order valence-electron chi connectivity index (χ3n) is 4.64. The lowest BCUT2D eigenvalue weighted by atomic mass is 10.1. The van der Waals surface area contributed by atoms with Gasteiger partial charge in [-0.3, -0.25) is 9.69 Å². The molecule has 8 nitrogen and oxygen atoms in total. The lowest BCUT2D eigenvalue weighted by Crippen LogP contribution is -2.35. The summed E-state index contributed by atoms with van der Waals surface area (Å²) in [7, 11) is 1.43. The van der Waals surface area contributed by atoms with Gasteiger partial charge in [0.15, 0.2) is 23.1 Å². The zero-order valence-electron chi connectivity index (χ0n) is 14.7. The van der Waals surface area contributed by atoms with E-state index in [9.17, 15) is 15.0 Å². The number of hydrogen-bond acceptors (Lipinski definition) is 7. The number of aromatic hydroxyl groups is 2. The summed E-state index contributed by atoms with van der Waals surface area (Å²) in [6.45, 7) is 1.66. The monoisotopic (exact) mass is 369 g/mol. The standard InChI is InChI=1S/C19H19N3O5/c1-26-16-8-11(7-14(23)17(16)24)9-22-5-4-13-12(10-22)19(25)21-18(20-13)15-3-2-6-27-15/h2-3,6-8,23-24H,4-5,9-10H2,1H3,(H,20,21,25). The first kappa shape index (κ1) is 17.2. The maximum Gasteiger partial charge on any atom is 0.256 e. The molecular formula is C19H19N3O5. The molecule has 0 radical (unpaired) electrons. The van der Waals surface area contributed by atoms with Crippen LogP contribution in [0, 0.1) is 0 Å². The molecule has 0 aliphatic carbocycles. The second kappa shape index (κ2) is 6.81. The summed E-state index contributed by atoms with van der Waals surface area (Å²) in [5.74, 6) is 0.667. The molecule has 1 aliphatic heterocycles. The minimum atomic E-state index is -0.281. The number of rotatable bonds is 4. The van der Waals surface area contributed by atoms with Crippen LogP contribution in [0.1, 0.15) is 16.8 Å². The molecule has 1 aromatic carbocycles. The molecule has 0 unspecified atom stereocenters. The van der Waals surface area contributed by atoms with Crippen LogP contribution in [0.25, 0.3) is 11.6 Å². The first-order valence-electron chi connectivity index (χ1n) is 8.52. The highest BCUT2D eigenvalue weighted by molar-refractivity contribution is 5.52. The van der Waals surface area contributed by atoms with Crippen LogP contribution in [0.2, 0.25) is 0 Å². The van der Waals surface area contributed by atoms with Gasteiger partial charge in [-0.25, -0.2) is 4.98 Å². The number of nitrogens with zero attached hydrogens (tertiary/aromatic N) is 2. The highest BCUT2D eigenvalue weighted by Gasteiger charge is 2.22. The van der Waals surface area contributed by atoms with Gasteiger partial charge in [-0.15, -0.1) is 0 Å². The van der Waals surface area contributed by atoms with Gasteiger partial charge in [0.25, 0.3) is 5.56 Å². The number of aromatic nitrogens is 2. The van der Waals surface area contributed by atoms with Crippen LogP contribution in [-0.2, 0) is 19.5 Å². The lowest BCUT2D eigenvalue weighted by Gasteiger charge is -2.27. The van der Waals surface area contributed by atoms with Gasteiger partial charge in [0, 0.05) is 26.1 Å². The third kappa shape index (κ3) is 3.26. The van der Waals surface area contributed by atoms with Crippen LogP contribution in [0.5, 0.6) is 17.2 Å². The highest BCUT2D eigenvalue weighted by atomic mass is 16.5. The van der Waals surface area contributed by atoms with E-state index in [-0.39, 0.29) is 22.8 Å². The summed E-state index contributed by atoms with van der Waals surface area (Å²) >= 11 is 0. The predicted molar refractivity (Wildman–Crippen MR) is 96.7 cm³/mol. The first-order valence-corrected chi connectivity index (χ1v) is 8.52. The van der Waals surface area contributed by atoms with Gasteiger partial charge in [0.05, 0.1) is 24.6 Å². The van der Waals surface area contributed by atoms with Crippen molar-refractivity contribution in [2.75, 3.05) is 13.7 Å². The van der Waals surface area contributed by atoms with E-state index in [0.29, 0.717) is 43.2 Å². The number of aromatic amines is 1. The van der Waals surface area contributed by atoms with Crippen LogP contribution >= 0.6 is 0 Å². The number of ether oxygens (including phenoxy) is 1. The van der Waals surface area contributed by atoms with E-state index < -0.39 is 0 Å². The molecule has 8 heteroatoms. The third-order valence-corrected chi connectivity index (χ3v) is 4.64. The van der Waals surface area contributed by atoms with E-state index in [4.69, 9.17) is 9.15 Å². The second-order valence-electron chi connectivity index (χ2n) is 6.44. The number of phenols is 2. The lowest BCUT2D eigenvalue weighted by molar-refractivity contribution is 0.240. The Morgan fingerprint density at radius 3 is 2.96 bits per heavy atom. The summed E-state index contributed by atoms with van der Waals surface area (Å²) in [4.78, 5) is 21.9. The molecule has 3 aromatic rings. The molecule has 0 bridgehead atoms. The van der Waals surface area contributed by atoms with E-state index >= 15 is 0 Å². The van der Waals surface area contributed by atoms with E-state index in [2.05, 4.69) is 14.9 Å². The fraction of sp³-hybridized carbons (Fsp3) is 0.263. The summed E-state index contributed by atoms with van der Waals surface area (Å²) in [6.07, 6.45) is 2.17. The Hall–Kier alpha value is -3.26. The number of nitrogens with one attached hydrogen (secondary N) is 1. The summed E-state index contributed by atoms with van der Waals surface area (Å²) in [6, 6.07) is 6.67. The Labute approximate surface area is 154 Å². The van der Waals surface area contributed by atoms with Gasteiger partial charge >= 0.3 is 0 Å². The molecule has 27 heavy (non-hydrogen) atoms. The first-order chi connectivity index (χ1) is 13.0. The van der Waals surface area contributed by atoms with Gasteiger partial charge in [-0.2, -0.15) is 0 Å². The molecule has 4 rings (SSSR count). The van der Waals surface area contributed by atoms with Crippen molar-refractivity contribution in [1.29, 1.82) is 0 Å². The van der Waals surface area contributed by atoms with E-state index in [0.717, 1.165) is 11.3 Å². The predicted octanol–water partition coefficient (Wildman–Crippen LogP) is 2.01. The van der Waals surface area contributed by atoms with Crippen LogP contribution in [-0.4, -0.2) is 38.7 Å². The zero-order chi connectivity index (χ0) is 19.0. The summed E-state index contributed by atoms with van der Waals surface area (Å²) in [5.41, 5.74) is 2.00. The van der Waals surface area contributed by atoms with Crippen molar-refractivity contribution < 1.29 is 19.4 Å². The Bertz CT molecular complexity index is 1030. The minimum Gasteiger partial charge on any atom is -0.504 e. The van der Waals surface area contributed by atoms with Gasteiger partial charge in [0.2, 0.25) is 5.75 Å². The Morgan fingerprint density at radius 1 is 1.37 bits per heavy atom. The maximum atomic E-state index is 12.5. The smallest absolute Gasteiger partial charge is 0.256 e. The summed E-state index contributed by atoms with van der Waals surface area (Å²) in [5, 5.41) is 19.6. The average molecular weight is 369 g/mol. The zero-order valence-corrected chi connectivity index (χ0v) is 14.7. The van der Waals surface area contributed by atoms with Crippen molar-refractivity contribution in [2.24, 2.45) is 0 Å². The molecule has 0 saturated heterocycles. The van der Waals surface area contributed by atoms with Crippen molar-refractivity contribution in [3.05, 3.63) is 57.7 Å². The SMILES string of the molecule is COc1cc(CN2CCc3nc(-c4ccco4)[nH]c(=O)c3C2)cc(O)c1O. The van der Waals surface area contributed by atoms with Crippen molar-refractivity contribution >= 4 is 0 Å². The molecule has 0 spiro atoms. The van der Waals surface area contributed by atoms with Gasteiger partial charge in [-0.1, -0.05) is 0 Å². The highest BCUT2D eigenvalue weighted by Crippen LogP contribution is 2.36. The van der Waals surface area contributed by atoms with Gasteiger partial charge in [-0.05, 0) is 29.8 Å². The van der Waals surface area contributed by atoms with Crippen LogP contribution in [0.15, 0.2) is 39.7 Å². The Morgan fingerprint density at radius 2 is 2.22 bits per heavy atom. The molecule has 2 aromatic heterocycles. The molecule has 140 valence electrons. The normalized spacial score (nSPS) is 14.1. The maximum absolute atomic E-state index is 12.5. The number of methoxy groups -OCH3 is 1. The fourth-order valence-electron chi connectivity index (χ4n) is 3.30. The fourth-order valence-corrected chi connectivity index (χ4v) is 3.30. The number of benzene rings is 1. The van der Waals surface area contributed by atoms with Crippen LogP contribution in [0.4, 0.5) is 0 Å². The topological polar surface area (TPSA) is 112 Å². The summed E-state index contributed by atoms with van der Waals surface area (Å²) < 4.78 is 10.4. The Kier molecular flexibility index (Phi) is 4.33. The molecule has 1 aliphatic rings. The number of hydrogen-bond donors (Lipinski definition) is 3. The van der Waals surface area contributed by atoms with E-state index in [1.807, 2.05) is 0 Å². The molecule has 0 fully saturated rings. The van der Waals surface area contributed by atoms with Gasteiger partial charge < -0.3 is 24.4 Å². The number of H-pyrrole nitrogens is 1. The second-order valence-corrected chi connectivity index (χ2v) is 6.44. The molecular weight excluding hydrogens is 350 g/mol. The van der Waals surface area contributed by atoms with Crippen molar-refractivity contribution in [2.45, 2.75) is 19.5 Å². The van der Waals surface area contributed by atoms with Crippen LogP contribution < -0.4 is 10.3 Å².